The average molecular weight is 355 g/mol. The van der Waals surface area contributed by atoms with Gasteiger partial charge in [0.25, 0.3) is 5.91 Å². The summed E-state index contributed by atoms with van der Waals surface area (Å²) >= 11 is 0. The number of phenolic OH excluding ortho intramolecular Hbond substituents is 1. The van der Waals surface area contributed by atoms with E-state index in [1.54, 1.807) is 4.90 Å². The highest BCUT2D eigenvalue weighted by molar-refractivity contribution is 6.12. The van der Waals surface area contributed by atoms with E-state index in [0.29, 0.717) is 38.2 Å². The van der Waals surface area contributed by atoms with Crippen molar-refractivity contribution in [3.63, 3.8) is 0 Å². The number of amides is 2. The fourth-order valence-electron chi connectivity index (χ4n) is 3.67. The molecule has 1 fully saturated rings. The van der Waals surface area contributed by atoms with Gasteiger partial charge in [-0.25, -0.2) is 4.39 Å². The second kappa shape index (κ2) is 6.09. The van der Waals surface area contributed by atoms with E-state index in [4.69, 9.17) is 0 Å². The number of likely N-dealkylation sites (tertiary alicyclic amines) is 1. The van der Waals surface area contributed by atoms with Gasteiger partial charge in [-0.1, -0.05) is 12.6 Å². The van der Waals surface area contributed by atoms with Crippen LogP contribution in [0.3, 0.4) is 0 Å². The van der Waals surface area contributed by atoms with Crippen LogP contribution in [-0.4, -0.2) is 47.2 Å². The second-order valence-corrected chi connectivity index (χ2v) is 6.69. The molecule has 0 aromatic heterocycles. The van der Waals surface area contributed by atoms with E-state index < -0.39 is 5.82 Å². The van der Waals surface area contributed by atoms with Gasteiger partial charge in [0.1, 0.15) is 17.1 Å². The zero-order valence-electron chi connectivity index (χ0n) is 14.1. The number of phenols is 1. The van der Waals surface area contributed by atoms with Crippen molar-refractivity contribution < 1.29 is 19.1 Å². The van der Waals surface area contributed by atoms with Crippen molar-refractivity contribution >= 4 is 23.2 Å². The van der Waals surface area contributed by atoms with Crippen LogP contribution in [0.5, 0.6) is 5.75 Å². The number of benzene rings is 1. The highest BCUT2D eigenvalue weighted by Crippen LogP contribution is 2.38. The summed E-state index contributed by atoms with van der Waals surface area (Å²) in [6.45, 7) is 4.94. The third-order valence-corrected chi connectivity index (χ3v) is 5.14. The second-order valence-electron chi connectivity index (χ2n) is 6.69. The van der Waals surface area contributed by atoms with Crippen LogP contribution in [0.2, 0.25) is 0 Å². The summed E-state index contributed by atoms with van der Waals surface area (Å²) in [5.41, 5.74) is 2.10. The van der Waals surface area contributed by atoms with Gasteiger partial charge in [0.05, 0.1) is 0 Å². The Hall–Kier alpha value is -2.96. The van der Waals surface area contributed by atoms with Crippen LogP contribution in [0.15, 0.2) is 47.1 Å². The fraction of sp³-hybridized carbons (Fsp3) is 0.316. The number of aliphatic imine (C=N–C) groups is 1. The first-order valence-electron chi connectivity index (χ1n) is 8.49. The van der Waals surface area contributed by atoms with Crippen LogP contribution in [0.4, 0.5) is 10.1 Å². The summed E-state index contributed by atoms with van der Waals surface area (Å²) < 4.78 is 14.1. The molecule has 0 aliphatic carbocycles. The summed E-state index contributed by atoms with van der Waals surface area (Å²) in [6, 6.07) is 3.97. The zero-order chi connectivity index (χ0) is 18.4. The Balaban J connectivity index is 1.53. The topological polar surface area (TPSA) is 73.2 Å². The molecule has 0 spiro atoms. The zero-order valence-corrected chi connectivity index (χ0v) is 14.1. The number of rotatable bonds is 3. The van der Waals surface area contributed by atoms with Gasteiger partial charge < -0.3 is 14.9 Å². The van der Waals surface area contributed by atoms with Crippen LogP contribution in [0.1, 0.15) is 12.8 Å². The quantitative estimate of drug-likeness (QED) is 0.843. The highest BCUT2D eigenvalue weighted by Gasteiger charge is 2.39. The normalized spacial score (nSPS) is 20.0. The molecule has 4 rings (SSSR count). The SMILES string of the molecule is C=CC(=O)N1CC(C2=NC3=C(CCN(c4c(O)cccc4F)C3=O)C2)C1. The van der Waals surface area contributed by atoms with Gasteiger partial charge in [-0.15, -0.1) is 0 Å². The molecule has 2 amide bonds. The van der Waals surface area contributed by atoms with E-state index in [9.17, 15) is 19.1 Å². The Bertz CT molecular complexity index is 864. The van der Waals surface area contributed by atoms with Crippen molar-refractivity contribution in [2.45, 2.75) is 12.8 Å². The van der Waals surface area contributed by atoms with Crippen molar-refractivity contribution in [1.29, 1.82) is 0 Å². The van der Waals surface area contributed by atoms with Gasteiger partial charge in [-0.3, -0.25) is 14.6 Å². The molecule has 3 heterocycles. The summed E-state index contributed by atoms with van der Waals surface area (Å²) in [5.74, 6) is -1.24. The molecule has 3 aliphatic rings. The van der Waals surface area contributed by atoms with E-state index in [0.717, 1.165) is 11.3 Å². The third-order valence-electron chi connectivity index (χ3n) is 5.14. The number of halogens is 1. The fourth-order valence-corrected chi connectivity index (χ4v) is 3.67. The first kappa shape index (κ1) is 16.5. The maximum atomic E-state index is 14.1. The maximum Gasteiger partial charge on any atom is 0.277 e. The molecule has 1 saturated heterocycles. The molecule has 0 radical (unpaired) electrons. The largest absolute Gasteiger partial charge is 0.506 e. The molecule has 6 nitrogen and oxygen atoms in total. The summed E-state index contributed by atoms with van der Waals surface area (Å²) in [4.78, 5) is 31.8. The monoisotopic (exact) mass is 355 g/mol. The molecule has 1 aromatic carbocycles. The predicted octanol–water partition coefficient (Wildman–Crippen LogP) is 2.01. The van der Waals surface area contributed by atoms with Gasteiger partial charge in [-0.05, 0) is 30.2 Å². The Labute approximate surface area is 149 Å². The van der Waals surface area contributed by atoms with E-state index in [1.165, 1.54) is 29.2 Å². The molecule has 7 heteroatoms. The maximum absolute atomic E-state index is 14.1. The number of anilines is 1. The number of hydrogen-bond donors (Lipinski definition) is 1. The molecule has 3 aliphatic heterocycles. The van der Waals surface area contributed by atoms with Gasteiger partial charge in [0.15, 0.2) is 5.82 Å². The molecule has 0 saturated carbocycles. The standard InChI is InChI=1S/C19H18FN3O3/c1-2-16(25)22-9-12(10-22)14-8-11-6-7-23(19(26)17(11)21-14)18-13(20)4-3-5-15(18)24/h2-5,12,24H,1,6-10H2. The van der Waals surface area contributed by atoms with Gasteiger partial charge in [0, 0.05) is 37.7 Å². The lowest BCUT2D eigenvalue weighted by atomic mass is 9.90. The first-order chi connectivity index (χ1) is 12.5. The predicted molar refractivity (Wildman–Crippen MR) is 94.4 cm³/mol. The van der Waals surface area contributed by atoms with Crippen LogP contribution in [0.25, 0.3) is 0 Å². The number of aromatic hydroxyl groups is 1. The van der Waals surface area contributed by atoms with Crippen molar-refractivity contribution in [2.75, 3.05) is 24.5 Å². The van der Waals surface area contributed by atoms with Crippen LogP contribution >= 0.6 is 0 Å². The summed E-state index contributed by atoms with van der Waals surface area (Å²) in [6.07, 6.45) is 2.50. The van der Waals surface area contributed by atoms with E-state index >= 15 is 0 Å². The molecule has 1 aromatic rings. The Morgan fingerprint density at radius 3 is 2.85 bits per heavy atom. The minimum atomic E-state index is -0.637. The number of hydrogen-bond acceptors (Lipinski definition) is 4. The van der Waals surface area contributed by atoms with Crippen molar-refractivity contribution in [3.05, 3.63) is 47.9 Å². The third kappa shape index (κ3) is 2.51. The number of carbonyl (C=O) groups excluding carboxylic acids is 2. The molecular weight excluding hydrogens is 337 g/mol. The van der Waals surface area contributed by atoms with Crippen molar-refractivity contribution in [2.24, 2.45) is 10.9 Å². The van der Waals surface area contributed by atoms with E-state index in [2.05, 4.69) is 11.6 Å². The minimum Gasteiger partial charge on any atom is -0.506 e. The Kier molecular flexibility index (Phi) is 3.86. The molecule has 0 bridgehead atoms. The lowest BCUT2D eigenvalue weighted by Gasteiger charge is -2.38. The number of carbonyl (C=O) groups is 2. The highest BCUT2D eigenvalue weighted by atomic mass is 19.1. The minimum absolute atomic E-state index is 0.0981. The van der Waals surface area contributed by atoms with Gasteiger partial charge >= 0.3 is 0 Å². The molecule has 0 unspecified atom stereocenters. The lowest BCUT2D eigenvalue weighted by molar-refractivity contribution is -0.130. The molecule has 134 valence electrons. The Morgan fingerprint density at radius 2 is 2.15 bits per heavy atom. The van der Waals surface area contributed by atoms with Crippen molar-refractivity contribution in [3.8, 4) is 5.75 Å². The van der Waals surface area contributed by atoms with Gasteiger partial charge in [-0.2, -0.15) is 0 Å². The number of para-hydroxylation sites is 1. The summed E-state index contributed by atoms with van der Waals surface area (Å²) in [5, 5.41) is 9.96. The van der Waals surface area contributed by atoms with E-state index in [-0.39, 0.29) is 29.2 Å². The lowest BCUT2D eigenvalue weighted by Crippen LogP contribution is -2.52. The first-order valence-corrected chi connectivity index (χ1v) is 8.49. The van der Waals surface area contributed by atoms with Gasteiger partial charge in [0.2, 0.25) is 5.91 Å². The summed E-state index contributed by atoms with van der Waals surface area (Å²) in [7, 11) is 0. The Morgan fingerprint density at radius 1 is 1.38 bits per heavy atom. The van der Waals surface area contributed by atoms with Crippen LogP contribution < -0.4 is 4.90 Å². The average Bonchev–Trinajstić information content (AvgIpc) is 2.99. The molecule has 26 heavy (non-hydrogen) atoms. The molecule has 1 N–H and O–H groups in total. The van der Waals surface area contributed by atoms with E-state index in [1.807, 2.05) is 0 Å². The van der Waals surface area contributed by atoms with Crippen LogP contribution in [0, 0.1) is 11.7 Å². The number of nitrogens with zero attached hydrogens (tertiary/aromatic N) is 3. The molecular formula is C19H18FN3O3. The smallest absolute Gasteiger partial charge is 0.277 e. The molecule has 0 atom stereocenters. The van der Waals surface area contributed by atoms with Crippen molar-refractivity contribution in [1.82, 2.24) is 4.90 Å². The van der Waals surface area contributed by atoms with Crippen LogP contribution in [-0.2, 0) is 9.59 Å².